The van der Waals surface area contributed by atoms with Crippen LogP contribution in [-0.2, 0) is 28.7 Å². The fourth-order valence-corrected chi connectivity index (χ4v) is 6.32. The summed E-state index contributed by atoms with van der Waals surface area (Å²) in [7, 11) is 1.37. The molecular weight excluding hydrogens is 440 g/mol. The minimum absolute atomic E-state index is 0.160. The van der Waals surface area contributed by atoms with Crippen LogP contribution in [0.25, 0.3) is 0 Å². The Labute approximate surface area is 201 Å². The summed E-state index contributed by atoms with van der Waals surface area (Å²) in [5.74, 6) is 0.866. The first-order chi connectivity index (χ1) is 16.4. The number of ether oxygens (including phenoxy) is 5. The number of hydrogen-bond donors (Lipinski definition) is 0. The van der Waals surface area contributed by atoms with Crippen LogP contribution in [0.4, 0.5) is 0 Å². The molecule has 188 valence electrons. The van der Waals surface area contributed by atoms with Gasteiger partial charge >= 0.3 is 5.97 Å². The number of rotatable bonds is 7. The smallest absolute Gasteiger partial charge is 0.337 e. The number of esters is 1. The molecule has 8 nitrogen and oxygen atoms in total. The highest BCUT2D eigenvalue weighted by Gasteiger charge is 2.69. The van der Waals surface area contributed by atoms with Crippen LogP contribution >= 0.6 is 0 Å². The average Bonchev–Trinajstić information content (AvgIpc) is 3.07. The highest BCUT2D eigenvalue weighted by molar-refractivity contribution is 5.89. The molecule has 0 N–H and O–H groups in total. The van der Waals surface area contributed by atoms with Crippen molar-refractivity contribution in [2.24, 2.45) is 23.7 Å². The van der Waals surface area contributed by atoms with Crippen molar-refractivity contribution in [2.75, 3.05) is 20.3 Å². The zero-order chi connectivity index (χ0) is 23.9. The molecule has 5 fully saturated rings. The molecule has 1 aliphatic carbocycles. The van der Waals surface area contributed by atoms with Crippen molar-refractivity contribution >= 4 is 5.97 Å². The Morgan fingerprint density at radius 1 is 1.06 bits per heavy atom. The van der Waals surface area contributed by atoms with E-state index in [0.717, 1.165) is 19.3 Å². The quantitative estimate of drug-likeness (QED) is 0.324. The zero-order valence-electron chi connectivity index (χ0n) is 20.5. The number of carbonyl (C=O) groups excluding carboxylic acids is 1. The molecule has 6 rings (SSSR count). The van der Waals surface area contributed by atoms with Crippen molar-refractivity contribution in [1.29, 1.82) is 0 Å². The van der Waals surface area contributed by atoms with Crippen molar-refractivity contribution in [2.45, 2.75) is 76.8 Å². The van der Waals surface area contributed by atoms with Gasteiger partial charge in [0.25, 0.3) is 0 Å². The van der Waals surface area contributed by atoms with Crippen LogP contribution in [0.2, 0.25) is 0 Å². The Hall–Kier alpha value is -1.71. The van der Waals surface area contributed by atoms with Crippen LogP contribution in [0.1, 0.15) is 63.2 Å². The van der Waals surface area contributed by atoms with E-state index in [0.29, 0.717) is 42.8 Å². The van der Waals surface area contributed by atoms with Crippen molar-refractivity contribution in [3.05, 3.63) is 29.8 Å². The van der Waals surface area contributed by atoms with Crippen LogP contribution in [0, 0.1) is 23.7 Å². The van der Waals surface area contributed by atoms with E-state index in [1.807, 2.05) is 6.92 Å². The SMILES string of the molecule is COC(=O)c1ccc(OCCCO[C@H]2O[C@@H]3O[C@@]4(C)CCC5[C@H](C)CC[C@@H]([C@H]2C)[C@]53OO4)cc1. The third kappa shape index (κ3) is 4.13. The minimum atomic E-state index is -0.778. The number of fused-ring (bicyclic) bond motifs is 2. The van der Waals surface area contributed by atoms with Crippen LogP contribution in [0.3, 0.4) is 0 Å². The number of carbonyl (C=O) groups is 1. The number of hydrogen-bond acceptors (Lipinski definition) is 8. The molecule has 2 bridgehead atoms. The summed E-state index contributed by atoms with van der Waals surface area (Å²) in [6.07, 6.45) is 3.90. The second kappa shape index (κ2) is 9.39. The lowest BCUT2D eigenvalue weighted by Crippen LogP contribution is -2.70. The van der Waals surface area contributed by atoms with Crippen molar-refractivity contribution in [3.63, 3.8) is 0 Å². The van der Waals surface area contributed by atoms with Crippen LogP contribution in [0.5, 0.6) is 5.75 Å². The molecule has 0 amide bonds. The molecule has 4 saturated heterocycles. The molecule has 8 heteroatoms. The van der Waals surface area contributed by atoms with Gasteiger partial charge in [0.1, 0.15) is 5.75 Å². The Morgan fingerprint density at radius 3 is 2.62 bits per heavy atom. The van der Waals surface area contributed by atoms with Gasteiger partial charge in [-0.2, -0.15) is 0 Å². The van der Waals surface area contributed by atoms with Gasteiger partial charge in [0.05, 0.1) is 25.9 Å². The largest absolute Gasteiger partial charge is 0.494 e. The highest BCUT2D eigenvalue weighted by atomic mass is 17.3. The zero-order valence-corrected chi connectivity index (χ0v) is 20.5. The van der Waals surface area contributed by atoms with Gasteiger partial charge in [0, 0.05) is 24.7 Å². The molecule has 0 radical (unpaired) electrons. The van der Waals surface area contributed by atoms with E-state index in [-0.39, 0.29) is 24.1 Å². The number of benzene rings is 1. The lowest BCUT2D eigenvalue weighted by Gasteiger charge is -2.60. The van der Waals surface area contributed by atoms with Crippen LogP contribution < -0.4 is 4.74 Å². The summed E-state index contributed by atoms with van der Waals surface area (Å²) in [4.78, 5) is 23.6. The molecule has 1 aromatic carbocycles. The van der Waals surface area contributed by atoms with Gasteiger partial charge < -0.3 is 23.7 Å². The Kier molecular flexibility index (Phi) is 6.63. The third-order valence-electron chi connectivity index (χ3n) is 8.21. The lowest BCUT2D eigenvalue weighted by atomic mass is 9.58. The van der Waals surface area contributed by atoms with Gasteiger partial charge in [-0.3, -0.25) is 0 Å². The second-order valence-corrected chi connectivity index (χ2v) is 10.4. The molecule has 1 spiro atoms. The summed E-state index contributed by atoms with van der Waals surface area (Å²) in [5.41, 5.74) is -0.0664. The van der Waals surface area contributed by atoms with E-state index >= 15 is 0 Å². The summed E-state index contributed by atoms with van der Waals surface area (Å²) >= 11 is 0. The van der Waals surface area contributed by atoms with E-state index in [1.165, 1.54) is 13.5 Å². The summed E-state index contributed by atoms with van der Waals surface area (Å²) in [6, 6.07) is 6.91. The topological polar surface area (TPSA) is 81.7 Å². The molecule has 4 heterocycles. The van der Waals surface area contributed by atoms with Gasteiger partial charge in [-0.25, -0.2) is 14.6 Å². The van der Waals surface area contributed by atoms with Crippen molar-refractivity contribution < 1.29 is 38.3 Å². The Balaban J connectivity index is 1.17. The first-order valence-electron chi connectivity index (χ1n) is 12.5. The van der Waals surface area contributed by atoms with Crippen LogP contribution in [0.15, 0.2) is 24.3 Å². The van der Waals surface area contributed by atoms with E-state index in [9.17, 15) is 4.79 Å². The van der Waals surface area contributed by atoms with Crippen LogP contribution in [-0.4, -0.2) is 50.3 Å². The molecule has 1 unspecified atom stereocenters. The molecule has 1 saturated carbocycles. The maximum atomic E-state index is 11.5. The normalized spacial score (nSPS) is 40.8. The second-order valence-electron chi connectivity index (χ2n) is 10.4. The van der Waals surface area contributed by atoms with E-state index in [2.05, 4.69) is 13.8 Å². The predicted molar refractivity (Wildman–Crippen MR) is 121 cm³/mol. The fraction of sp³-hybridized carbons (Fsp3) is 0.731. The first-order valence-corrected chi connectivity index (χ1v) is 12.5. The van der Waals surface area contributed by atoms with Crippen molar-refractivity contribution in [3.8, 4) is 5.75 Å². The van der Waals surface area contributed by atoms with Gasteiger partial charge in [0.2, 0.25) is 5.79 Å². The summed E-state index contributed by atoms with van der Waals surface area (Å²) < 4.78 is 29.5. The first kappa shape index (κ1) is 24.0. The van der Waals surface area contributed by atoms with E-state index in [4.69, 9.17) is 33.5 Å². The molecule has 0 aromatic heterocycles. The number of methoxy groups -OCH3 is 1. The maximum absolute atomic E-state index is 11.5. The highest BCUT2D eigenvalue weighted by Crippen LogP contribution is 2.60. The third-order valence-corrected chi connectivity index (χ3v) is 8.21. The van der Waals surface area contributed by atoms with Gasteiger partial charge in [-0.15, -0.1) is 0 Å². The summed E-state index contributed by atoms with van der Waals surface area (Å²) in [5, 5.41) is 0. The standard InChI is InChI=1S/C26H36O8/c1-16-6-11-21-17(2)23(31-24-26(21)20(16)12-13-25(3,32-24)33-34-26)30-15-5-14-29-19-9-7-18(8-10-19)22(27)28-4/h7-10,16-17,20-21,23-24H,5-6,11-15H2,1-4H3/t16-,17-,20?,21+,23+,24-,25-,26-/m1/s1. The van der Waals surface area contributed by atoms with Gasteiger partial charge in [0.15, 0.2) is 18.2 Å². The Morgan fingerprint density at radius 2 is 1.85 bits per heavy atom. The van der Waals surface area contributed by atoms with Gasteiger partial charge in [-0.05, 0) is 62.3 Å². The summed E-state index contributed by atoms with van der Waals surface area (Å²) in [6.45, 7) is 7.45. The van der Waals surface area contributed by atoms with E-state index in [1.54, 1.807) is 24.3 Å². The molecule has 8 atom stereocenters. The van der Waals surface area contributed by atoms with E-state index < -0.39 is 17.7 Å². The molecule has 4 aliphatic heterocycles. The molecule has 1 aromatic rings. The lowest BCUT2D eigenvalue weighted by molar-refractivity contribution is -0.577. The predicted octanol–water partition coefficient (Wildman–Crippen LogP) is 4.47. The molecular formula is C26H36O8. The van der Waals surface area contributed by atoms with Gasteiger partial charge in [-0.1, -0.05) is 13.8 Å². The average molecular weight is 477 g/mol. The Bertz CT molecular complexity index is 874. The van der Waals surface area contributed by atoms with Crippen molar-refractivity contribution in [1.82, 2.24) is 0 Å². The minimum Gasteiger partial charge on any atom is -0.494 e. The monoisotopic (exact) mass is 476 g/mol. The molecule has 5 aliphatic rings. The fourth-order valence-electron chi connectivity index (χ4n) is 6.32. The molecule has 34 heavy (non-hydrogen) atoms. The maximum Gasteiger partial charge on any atom is 0.337 e.